The summed E-state index contributed by atoms with van der Waals surface area (Å²) in [5.74, 6) is -0.214. The van der Waals surface area contributed by atoms with Gasteiger partial charge in [-0.2, -0.15) is 5.10 Å². The fraction of sp³-hybridized carbons (Fsp3) is 0.360. The minimum Gasteiger partial charge on any atom is -0.494 e. The van der Waals surface area contributed by atoms with Crippen molar-refractivity contribution in [3.63, 3.8) is 0 Å². The lowest BCUT2D eigenvalue weighted by Crippen LogP contribution is -2.37. The van der Waals surface area contributed by atoms with Crippen molar-refractivity contribution in [1.82, 2.24) is 20.4 Å². The molecule has 1 atom stereocenters. The zero-order chi connectivity index (χ0) is 23.7. The number of nitrogens with one attached hydrogen (secondary N) is 2. The van der Waals surface area contributed by atoms with Crippen LogP contribution in [0.15, 0.2) is 52.6 Å². The van der Waals surface area contributed by atoms with E-state index in [0.29, 0.717) is 29.2 Å². The molecule has 0 amide bonds. The van der Waals surface area contributed by atoms with Crippen molar-refractivity contribution in [2.45, 2.75) is 32.4 Å². The SMILES string of the molecule is CCOc1cc(F)c(Cn2nc(C3=NC(C4CCNCC4)C=C(Cl)N3)c3ccccc32)c(F)c1. The lowest BCUT2D eigenvalue weighted by molar-refractivity contribution is 0.335. The number of hydrogen-bond donors (Lipinski definition) is 2. The van der Waals surface area contributed by atoms with Crippen LogP contribution in [0.2, 0.25) is 0 Å². The molecule has 178 valence electrons. The number of hydrogen-bond acceptors (Lipinski definition) is 5. The smallest absolute Gasteiger partial charge is 0.155 e. The van der Waals surface area contributed by atoms with Gasteiger partial charge in [-0.15, -0.1) is 0 Å². The Balaban J connectivity index is 1.52. The summed E-state index contributed by atoms with van der Waals surface area (Å²) < 4.78 is 36.4. The van der Waals surface area contributed by atoms with Crippen LogP contribution in [0.5, 0.6) is 5.75 Å². The van der Waals surface area contributed by atoms with Crippen molar-refractivity contribution < 1.29 is 13.5 Å². The van der Waals surface area contributed by atoms with E-state index in [2.05, 4.69) is 10.6 Å². The number of aromatic nitrogens is 2. The quantitative estimate of drug-likeness (QED) is 0.502. The van der Waals surface area contributed by atoms with Gasteiger partial charge in [0.1, 0.15) is 28.2 Å². The van der Waals surface area contributed by atoms with Crippen LogP contribution < -0.4 is 15.4 Å². The average molecular weight is 486 g/mol. The summed E-state index contributed by atoms with van der Waals surface area (Å²) in [6, 6.07) is 9.94. The summed E-state index contributed by atoms with van der Waals surface area (Å²) in [6.45, 7) is 3.94. The summed E-state index contributed by atoms with van der Waals surface area (Å²) in [6.07, 6.45) is 3.99. The van der Waals surface area contributed by atoms with E-state index >= 15 is 0 Å². The molecule has 2 aliphatic heterocycles. The molecule has 0 radical (unpaired) electrons. The maximum atomic E-state index is 14.8. The van der Waals surface area contributed by atoms with E-state index in [1.165, 1.54) is 12.1 Å². The number of ether oxygens (including phenoxy) is 1. The molecule has 1 unspecified atom stereocenters. The molecular formula is C25H26ClF2N5O. The van der Waals surface area contributed by atoms with E-state index < -0.39 is 11.6 Å². The fourth-order valence-corrected chi connectivity index (χ4v) is 4.84. The number of halogens is 3. The lowest BCUT2D eigenvalue weighted by atomic mass is 9.90. The predicted molar refractivity (Wildman–Crippen MR) is 129 cm³/mol. The van der Waals surface area contributed by atoms with Crippen molar-refractivity contribution in [2.75, 3.05) is 19.7 Å². The number of para-hydroxylation sites is 1. The summed E-state index contributed by atoms with van der Waals surface area (Å²) in [7, 11) is 0. The Labute approximate surface area is 201 Å². The van der Waals surface area contributed by atoms with Gasteiger partial charge in [-0.05, 0) is 50.9 Å². The van der Waals surface area contributed by atoms with Crippen LogP contribution in [-0.4, -0.2) is 41.4 Å². The van der Waals surface area contributed by atoms with Gasteiger partial charge in [-0.25, -0.2) is 8.78 Å². The molecule has 0 saturated carbocycles. The summed E-state index contributed by atoms with van der Waals surface area (Å²) in [4.78, 5) is 4.94. The molecule has 1 aromatic heterocycles. The van der Waals surface area contributed by atoms with Crippen LogP contribution in [-0.2, 0) is 6.54 Å². The lowest BCUT2D eigenvalue weighted by Gasteiger charge is -2.29. The van der Waals surface area contributed by atoms with E-state index in [0.717, 1.165) is 36.8 Å². The van der Waals surface area contributed by atoms with Gasteiger partial charge in [-0.3, -0.25) is 9.67 Å². The molecule has 6 nitrogen and oxygen atoms in total. The third kappa shape index (κ3) is 4.52. The topological polar surface area (TPSA) is 63.5 Å². The van der Waals surface area contributed by atoms with Crippen LogP contribution in [0.1, 0.15) is 31.0 Å². The molecule has 34 heavy (non-hydrogen) atoms. The van der Waals surface area contributed by atoms with Crippen LogP contribution in [0.25, 0.3) is 10.9 Å². The van der Waals surface area contributed by atoms with Crippen molar-refractivity contribution in [1.29, 1.82) is 0 Å². The first-order valence-electron chi connectivity index (χ1n) is 11.5. The van der Waals surface area contributed by atoms with Gasteiger partial charge in [0.2, 0.25) is 0 Å². The monoisotopic (exact) mass is 485 g/mol. The van der Waals surface area contributed by atoms with Gasteiger partial charge in [0, 0.05) is 23.1 Å². The number of fused-ring (bicyclic) bond motifs is 1. The van der Waals surface area contributed by atoms with Crippen molar-refractivity contribution in [3.8, 4) is 5.75 Å². The molecule has 2 N–H and O–H groups in total. The zero-order valence-corrected chi connectivity index (χ0v) is 19.6. The van der Waals surface area contributed by atoms with Gasteiger partial charge in [0.15, 0.2) is 5.84 Å². The Morgan fingerprint density at radius 1 is 1.15 bits per heavy atom. The number of aliphatic imine (C=N–C) groups is 1. The molecule has 9 heteroatoms. The summed E-state index contributed by atoms with van der Waals surface area (Å²) in [5.41, 5.74) is 1.28. The van der Waals surface area contributed by atoms with Gasteiger partial charge in [0.25, 0.3) is 0 Å². The number of nitrogens with zero attached hydrogens (tertiary/aromatic N) is 3. The number of benzene rings is 2. The van der Waals surface area contributed by atoms with Crippen LogP contribution >= 0.6 is 11.6 Å². The highest BCUT2D eigenvalue weighted by Gasteiger charge is 2.27. The fourth-order valence-electron chi connectivity index (χ4n) is 4.62. The largest absolute Gasteiger partial charge is 0.494 e. The summed E-state index contributed by atoms with van der Waals surface area (Å²) >= 11 is 6.45. The van der Waals surface area contributed by atoms with Crippen molar-refractivity contribution in [2.24, 2.45) is 10.9 Å². The Kier molecular flexibility index (Phi) is 6.52. The van der Waals surface area contributed by atoms with Crippen LogP contribution in [0.4, 0.5) is 8.78 Å². The Morgan fingerprint density at radius 3 is 2.62 bits per heavy atom. The van der Waals surface area contributed by atoms with Gasteiger partial charge < -0.3 is 15.4 Å². The standard InChI is InChI=1S/C25H26ClF2N5O/c1-2-34-16-11-19(27)18(20(28)12-16)14-33-22-6-4-3-5-17(22)24(32-33)25-30-21(13-23(26)31-25)15-7-9-29-10-8-15/h3-6,11-13,15,21,29H,2,7-10,14H2,1H3,(H,30,31). The molecule has 3 aromatic rings. The maximum absolute atomic E-state index is 14.8. The van der Waals surface area contributed by atoms with Gasteiger partial charge >= 0.3 is 0 Å². The average Bonchev–Trinajstić information content (AvgIpc) is 3.20. The molecule has 2 aromatic carbocycles. The second kappa shape index (κ2) is 9.72. The first kappa shape index (κ1) is 22.8. The normalized spacial score (nSPS) is 19.0. The van der Waals surface area contributed by atoms with Gasteiger partial charge in [-0.1, -0.05) is 29.8 Å². The summed E-state index contributed by atoms with van der Waals surface area (Å²) in [5, 5.41) is 12.6. The molecule has 1 saturated heterocycles. The second-order valence-electron chi connectivity index (χ2n) is 8.52. The third-order valence-corrected chi connectivity index (χ3v) is 6.54. The number of amidine groups is 1. The zero-order valence-electron chi connectivity index (χ0n) is 18.8. The van der Waals surface area contributed by atoms with Gasteiger partial charge in [0.05, 0.1) is 24.7 Å². The Bertz CT molecular complexity index is 1240. The molecule has 5 rings (SSSR count). The number of piperidine rings is 1. The van der Waals surface area contributed by atoms with E-state index in [1.54, 1.807) is 11.6 Å². The Morgan fingerprint density at radius 2 is 1.88 bits per heavy atom. The molecular weight excluding hydrogens is 460 g/mol. The molecule has 0 aliphatic carbocycles. The molecule has 0 bridgehead atoms. The predicted octanol–water partition coefficient (Wildman–Crippen LogP) is 4.56. The minimum atomic E-state index is -0.672. The first-order chi connectivity index (χ1) is 16.5. The third-order valence-electron chi connectivity index (χ3n) is 6.32. The highest BCUT2D eigenvalue weighted by Crippen LogP contribution is 2.28. The van der Waals surface area contributed by atoms with Crippen LogP contribution in [0.3, 0.4) is 0 Å². The second-order valence-corrected chi connectivity index (χ2v) is 8.92. The highest BCUT2D eigenvalue weighted by atomic mass is 35.5. The van der Waals surface area contributed by atoms with Crippen molar-refractivity contribution >= 4 is 28.3 Å². The van der Waals surface area contributed by atoms with E-state index in [-0.39, 0.29) is 23.9 Å². The minimum absolute atomic E-state index is 0.0456. The van der Waals surface area contributed by atoms with Crippen molar-refractivity contribution in [3.05, 3.63) is 70.5 Å². The maximum Gasteiger partial charge on any atom is 0.155 e. The molecule has 3 heterocycles. The van der Waals surface area contributed by atoms with E-state index in [1.807, 2.05) is 30.3 Å². The molecule has 1 fully saturated rings. The van der Waals surface area contributed by atoms with Crippen LogP contribution in [0, 0.1) is 17.6 Å². The highest BCUT2D eigenvalue weighted by molar-refractivity contribution is 6.31. The molecule has 2 aliphatic rings. The van der Waals surface area contributed by atoms with E-state index in [4.69, 9.17) is 26.4 Å². The van der Waals surface area contributed by atoms with E-state index in [9.17, 15) is 8.78 Å². The molecule has 0 spiro atoms. The Hall–Kier alpha value is -2.97. The first-order valence-corrected chi connectivity index (χ1v) is 11.9. The number of rotatable bonds is 6.